The summed E-state index contributed by atoms with van der Waals surface area (Å²) >= 11 is 11.9. The van der Waals surface area contributed by atoms with E-state index in [0.717, 1.165) is 45.5 Å². The second-order valence-electron chi connectivity index (χ2n) is 5.89. The summed E-state index contributed by atoms with van der Waals surface area (Å²) in [7, 11) is 1.72. The van der Waals surface area contributed by atoms with Gasteiger partial charge in [0.15, 0.2) is 6.61 Å². The topological polar surface area (TPSA) is 50.8 Å². The molecule has 2 rings (SSSR count). The number of ether oxygens (including phenoxy) is 2. The minimum absolute atomic E-state index is 0.0614. The van der Waals surface area contributed by atoms with Crippen LogP contribution in [0.1, 0.15) is 19.3 Å². The van der Waals surface area contributed by atoms with E-state index in [9.17, 15) is 4.79 Å². The van der Waals surface area contributed by atoms with Crippen LogP contribution in [-0.2, 0) is 9.53 Å². The Balaban J connectivity index is 1.67. The molecule has 0 saturated carbocycles. The van der Waals surface area contributed by atoms with Crippen molar-refractivity contribution in [1.82, 2.24) is 10.2 Å². The second kappa shape index (κ2) is 10.1. The van der Waals surface area contributed by atoms with E-state index in [1.54, 1.807) is 25.3 Å². The molecule has 1 N–H and O–H groups in total. The number of rotatable bonds is 8. The zero-order valence-electron chi connectivity index (χ0n) is 13.9. The van der Waals surface area contributed by atoms with Crippen LogP contribution >= 0.6 is 23.2 Å². The smallest absolute Gasteiger partial charge is 0.258 e. The van der Waals surface area contributed by atoms with Crippen LogP contribution < -0.4 is 10.1 Å². The van der Waals surface area contributed by atoms with Gasteiger partial charge in [0.05, 0.1) is 5.02 Å². The van der Waals surface area contributed by atoms with E-state index in [1.165, 1.54) is 0 Å². The third-order valence-electron chi connectivity index (χ3n) is 4.03. The normalized spacial score (nSPS) is 16.1. The Hall–Kier alpha value is -1.01. The highest BCUT2D eigenvalue weighted by Gasteiger charge is 2.20. The summed E-state index contributed by atoms with van der Waals surface area (Å²) < 4.78 is 10.5. The molecular formula is C17H24Cl2N2O3. The molecule has 1 aliphatic rings. The Labute approximate surface area is 153 Å². The lowest BCUT2D eigenvalue weighted by Crippen LogP contribution is -2.46. The van der Waals surface area contributed by atoms with E-state index in [4.69, 9.17) is 32.7 Å². The average Bonchev–Trinajstić information content (AvgIpc) is 2.57. The van der Waals surface area contributed by atoms with Crippen LogP contribution in [0.3, 0.4) is 0 Å². The molecule has 134 valence electrons. The quantitative estimate of drug-likeness (QED) is 0.710. The van der Waals surface area contributed by atoms with Gasteiger partial charge in [-0.05, 0) is 31.4 Å². The van der Waals surface area contributed by atoms with Crippen molar-refractivity contribution in [2.45, 2.75) is 25.3 Å². The number of piperidine rings is 1. The number of methoxy groups -OCH3 is 1. The summed E-state index contributed by atoms with van der Waals surface area (Å²) in [5.41, 5.74) is 0. The predicted molar refractivity (Wildman–Crippen MR) is 96.1 cm³/mol. The number of carbonyl (C=O) groups excluding carboxylic acids is 1. The minimum atomic E-state index is -0.135. The molecule has 0 aromatic heterocycles. The molecule has 0 radical (unpaired) electrons. The van der Waals surface area contributed by atoms with Gasteiger partial charge in [-0.25, -0.2) is 0 Å². The zero-order chi connectivity index (χ0) is 17.4. The number of halogens is 2. The molecule has 24 heavy (non-hydrogen) atoms. The first-order chi connectivity index (χ1) is 11.6. The number of carbonyl (C=O) groups is 1. The highest BCUT2D eigenvalue weighted by Crippen LogP contribution is 2.27. The summed E-state index contributed by atoms with van der Waals surface area (Å²) in [6, 6.07) is 5.14. The van der Waals surface area contributed by atoms with Crippen LogP contribution in [0.15, 0.2) is 18.2 Å². The number of hydrogen-bond donors (Lipinski definition) is 1. The number of nitrogens with one attached hydrogen (secondary N) is 1. The fraction of sp³-hybridized carbons (Fsp3) is 0.588. The number of hydrogen-bond acceptors (Lipinski definition) is 4. The summed E-state index contributed by atoms with van der Waals surface area (Å²) in [6.07, 6.45) is 2.95. The molecule has 1 heterocycles. The number of likely N-dealkylation sites (tertiary alicyclic amines) is 1. The lowest BCUT2D eigenvalue weighted by molar-refractivity contribution is -0.124. The molecule has 0 bridgehead atoms. The standard InChI is InChI=1S/C17H24Cl2N2O3/c1-23-10-2-7-21-8-5-14(6-9-21)20-17(22)12-24-16-11-13(18)3-4-15(16)19/h3-4,11,14H,2,5-10,12H2,1H3,(H,20,22). The maximum atomic E-state index is 12.0. The molecule has 5 nitrogen and oxygen atoms in total. The molecule has 1 amide bonds. The van der Waals surface area contributed by atoms with Gasteiger partial charge in [-0.3, -0.25) is 4.79 Å². The zero-order valence-corrected chi connectivity index (χ0v) is 15.4. The Morgan fingerprint density at radius 2 is 2.08 bits per heavy atom. The fourth-order valence-corrected chi connectivity index (χ4v) is 3.07. The molecule has 1 aromatic rings. The summed E-state index contributed by atoms with van der Waals surface area (Å²) in [4.78, 5) is 14.4. The molecule has 7 heteroatoms. The Morgan fingerprint density at radius 1 is 1.33 bits per heavy atom. The Morgan fingerprint density at radius 3 is 2.79 bits per heavy atom. The highest BCUT2D eigenvalue weighted by atomic mass is 35.5. The van der Waals surface area contributed by atoms with Crippen LogP contribution in [-0.4, -0.2) is 56.8 Å². The van der Waals surface area contributed by atoms with Crippen LogP contribution in [0, 0.1) is 0 Å². The Bertz CT molecular complexity index is 535. The van der Waals surface area contributed by atoms with E-state index in [-0.39, 0.29) is 18.6 Å². The van der Waals surface area contributed by atoms with Gasteiger partial charge in [0.1, 0.15) is 5.75 Å². The number of nitrogens with zero attached hydrogens (tertiary/aromatic N) is 1. The van der Waals surface area contributed by atoms with Crippen molar-refractivity contribution in [2.75, 3.05) is 40.0 Å². The maximum absolute atomic E-state index is 12.0. The highest BCUT2D eigenvalue weighted by molar-refractivity contribution is 6.34. The molecule has 0 aliphatic carbocycles. The average molecular weight is 375 g/mol. The molecule has 1 aromatic carbocycles. The molecular weight excluding hydrogens is 351 g/mol. The lowest BCUT2D eigenvalue weighted by atomic mass is 10.0. The molecule has 0 unspecified atom stereocenters. The molecule has 1 aliphatic heterocycles. The summed E-state index contributed by atoms with van der Waals surface area (Å²) in [6.45, 7) is 3.77. The van der Waals surface area contributed by atoms with Gasteiger partial charge in [0, 0.05) is 50.5 Å². The first-order valence-electron chi connectivity index (χ1n) is 8.17. The van der Waals surface area contributed by atoms with Crippen molar-refractivity contribution < 1.29 is 14.3 Å². The van der Waals surface area contributed by atoms with E-state index in [2.05, 4.69) is 10.2 Å². The van der Waals surface area contributed by atoms with Crippen molar-refractivity contribution in [3.63, 3.8) is 0 Å². The van der Waals surface area contributed by atoms with Crippen LogP contribution in [0.5, 0.6) is 5.75 Å². The van der Waals surface area contributed by atoms with Crippen molar-refractivity contribution in [3.8, 4) is 5.75 Å². The lowest BCUT2D eigenvalue weighted by Gasteiger charge is -2.32. The number of benzene rings is 1. The van der Waals surface area contributed by atoms with Gasteiger partial charge >= 0.3 is 0 Å². The first-order valence-corrected chi connectivity index (χ1v) is 8.92. The first kappa shape index (κ1) is 19.3. The van der Waals surface area contributed by atoms with Crippen LogP contribution in [0.2, 0.25) is 10.0 Å². The van der Waals surface area contributed by atoms with Crippen LogP contribution in [0.25, 0.3) is 0 Å². The second-order valence-corrected chi connectivity index (χ2v) is 6.74. The van der Waals surface area contributed by atoms with Gasteiger partial charge in [-0.1, -0.05) is 23.2 Å². The molecule has 1 saturated heterocycles. The minimum Gasteiger partial charge on any atom is -0.482 e. The van der Waals surface area contributed by atoms with E-state index < -0.39 is 0 Å². The summed E-state index contributed by atoms with van der Waals surface area (Å²) in [5, 5.41) is 3.98. The van der Waals surface area contributed by atoms with E-state index >= 15 is 0 Å². The van der Waals surface area contributed by atoms with Gasteiger partial charge in [0.2, 0.25) is 0 Å². The van der Waals surface area contributed by atoms with Crippen molar-refractivity contribution in [3.05, 3.63) is 28.2 Å². The van der Waals surface area contributed by atoms with E-state index in [1.807, 2.05) is 0 Å². The van der Waals surface area contributed by atoms with Gasteiger partial charge in [0.25, 0.3) is 5.91 Å². The van der Waals surface area contributed by atoms with Crippen LogP contribution in [0.4, 0.5) is 0 Å². The third-order valence-corrected chi connectivity index (χ3v) is 4.57. The van der Waals surface area contributed by atoms with Crippen molar-refractivity contribution >= 4 is 29.1 Å². The van der Waals surface area contributed by atoms with Crippen molar-refractivity contribution in [2.24, 2.45) is 0 Å². The molecule has 0 spiro atoms. The van der Waals surface area contributed by atoms with Crippen molar-refractivity contribution in [1.29, 1.82) is 0 Å². The maximum Gasteiger partial charge on any atom is 0.258 e. The number of amides is 1. The third kappa shape index (κ3) is 6.48. The SMILES string of the molecule is COCCCN1CCC(NC(=O)COc2cc(Cl)ccc2Cl)CC1. The fourth-order valence-electron chi connectivity index (χ4n) is 2.73. The predicted octanol–water partition coefficient (Wildman–Crippen LogP) is 2.99. The van der Waals surface area contributed by atoms with Gasteiger partial charge in [-0.15, -0.1) is 0 Å². The monoisotopic (exact) mass is 374 g/mol. The van der Waals surface area contributed by atoms with Gasteiger partial charge < -0.3 is 19.7 Å². The van der Waals surface area contributed by atoms with Gasteiger partial charge in [-0.2, -0.15) is 0 Å². The van der Waals surface area contributed by atoms with E-state index in [0.29, 0.717) is 15.8 Å². The summed E-state index contributed by atoms with van der Waals surface area (Å²) in [5.74, 6) is 0.288. The molecule has 0 atom stereocenters. The largest absolute Gasteiger partial charge is 0.482 e. The molecule has 1 fully saturated rings. The Kier molecular flexibility index (Phi) is 8.12.